The SMILES string of the molecule is Cc1ccc(NC(=O)Nc2ncc(S(=O)(=O)c3ncc[nH]3)s2)c(C(=O)C2CCCC2)c1. The van der Waals surface area contributed by atoms with E-state index in [0.29, 0.717) is 11.3 Å². The molecule has 0 unspecified atom stereocenters. The molecule has 0 bridgehead atoms. The lowest BCUT2D eigenvalue weighted by atomic mass is 9.94. The number of H-pyrrole nitrogens is 1. The van der Waals surface area contributed by atoms with Crippen molar-refractivity contribution in [2.24, 2.45) is 5.92 Å². The molecule has 0 spiro atoms. The number of nitrogens with one attached hydrogen (secondary N) is 3. The highest BCUT2D eigenvalue weighted by Gasteiger charge is 2.27. The van der Waals surface area contributed by atoms with Crippen LogP contribution in [0.3, 0.4) is 0 Å². The van der Waals surface area contributed by atoms with Crippen molar-refractivity contribution in [3.63, 3.8) is 0 Å². The molecule has 1 aromatic carbocycles. The molecule has 0 aliphatic heterocycles. The van der Waals surface area contributed by atoms with Gasteiger partial charge >= 0.3 is 6.03 Å². The number of nitrogens with zero attached hydrogens (tertiary/aromatic N) is 2. The number of aromatic amines is 1. The lowest BCUT2D eigenvalue weighted by Crippen LogP contribution is -2.22. The van der Waals surface area contributed by atoms with E-state index in [1.54, 1.807) is 12.1 Å². The summed E-state index contributed by atoms with van der Waals surface area (Å²) >= 11 is 0.812. The van der Waals surface area contributed by atoms with Crippen LogP contribution in [0.2, 0.25) is 0 Å². The third kappa shape index (κ3) is 4.52. The van der Waals surface area contributed by atoms with Gasteiger partial charge in [0.2, 0.25) is 5.16 Å². The molecule has 1 fully saturated rings. The molecule has 31 heavy (non-hydrogen) atoms. The molecule has 1 saturated carbocycles. The molecule has 9 nitrogen and oxygen atoms in total. The summed E-state index contributed by atoms with van der Waals surface area (Å²) in [5, 5.41) is 5.14. The van der Waals surface area contributed by atoms with Gasteiger partial charge in [0.05, 0.1) is 11.9 Å². The summed E-state index contributed by atoms with van der Waals surface area (Å²) in [6.45, 7) is 1.89. The Morgan fingerprint density at radius 3 is 2.65 bits per heavy atom. The van der Waals surface area contributed by atoms with Crippen LogP contribution in [0, 0.1) is 12.8 Å². The number of urea groups is 1. The molecule has 4 rings (SSSR count). The van der Waals surface area contributed by atoms with Gasteiger partial charge in [-0.1, -0.05) is 35.8 Å². The van der Waals surface area contributed by atoms with Crippen LogP contribution in [-0.2, 0) is 9.84 Å². The second-order valence-electron chi connectivity index (χ2n) is 7.36. The summed E-state index contributed by atoms with van der Waals surface area (Å²) in [4.78, 5) is 35.7. The quantitative estimate of drug-likeness (QED) is 0.477. The molecule has 0 atom stereocenters. The summed E-state index contributed by atoms with van der Waals surface area (Å²) < 4.78 is 24.9. The van der Waals surface area contributed by atoms with Gasteiger partial charge in [0.25, 0.3) is 9.84 Å². The van der Waals surface area contributed by atoms with Crippen LogP contribution in [0.25, 0.3) is 0 Å². The molecule has 2 heterocycles. The van der Waals surface area contributed by atoms with E-state index in [4.69, 9.17) is 0 Å². The summed E-state index contributed by atoms with van der Waals surface area (Å²) in [5.74, 6) is 0.0244. The largest absolute Gasteiger partial charge is 0.335 e. The molecule has 3 aromatic rings. The fourth-order valence-electron chi connectivity index (χ4n) is 3.56. The highest BCUT2D eigenvalue weighted by atomic mass is 32.2. The van der Waals surface area contributed by atoms with Crippen molar-refractivity contribution in [3.8, 4) is 0 Å². The first kappa shape index (κ1) is 21.2. The molecular formula is C20H21N5O4S2. The van der Waals surface area contributed by atoms with Crippen molar-refractivity contribution < 1.29 is 18.0 Å². The Labute approximate surface area is 183 Å². The monoisotopic (exact) mass is 459 g/mol. The first-order valence-electron chi connectivity index (χ1n) is 9.78. The molecule has 2 amide bonds. The van der Waals surface area contributed by atoms with Gasteiger partial charge in [-0.25, -0.2) is 23.2 Å². The van der Waals surface area contributed by atoms with Crippen molar-refractivity contribution in [1.29, 1.82) is 0 Å². The van der Waals surface area contributed by atoms with Crippen LogP contribution >= 0.6 is 11.3 Å². The number of aromatic nitrogens is 3. The zero-order valence-corrected chi connectivity index (χ0v) is 18.3. The average Bonchev–Trinajstić information content (AvgIpc) is 3.50. The Bertz CT molecular complexity index is 1210. The predicted octanol–water partition coefficient (Wildman–Crippen LogP) is 4.02. The van der Waals surface area contributed by atoms with Crippen molar-refractivity contribution in [2.75, 3.05) is 10.6 Å². The number of amides is 2. The van der Waals surface area contributed by atoms with Gasteiger partial charge in [0.1, 0.15) is 4.21 Å². The zero-order valence-electron chi connectivity index (χ0n) is 16.7. The summed E-state index contributed by atoms with van der Waals surface area (Å²) in [6.07, 6.45) is 7.73. The molecule has 0 radical (unpaired) electrons. The first-order chi connectivity index (χ1) is 14.8. The minimum atomic E-state index is -3.83. The van der Waals surface area contributed by atoms with Crippen LogP contribution in [0.4, 0.5) is 15.6 Å². The number of ketones is 1. The van der Waals surface area contributed by atoms with Gasteiger partial charge in [-0.3, -0.25) is 10.1 Å². The molecule has 2 aromatic heterocycles. The molecule has 11 heteroatoms. The number of benzene rings is 1. The lowest BCUT2D eigenvalue weighted by molar-refractivity contribution is 0.0923. The van der Waals surface area contributed by atoms with E-state index in [0.717, 1.165) is 42.6 Å². The van der Waals surface area contributed by atoms with Crippen LogP contribution in [0.15, 0.2) is 46.2 Å². The van der Waals surface area contributed by atoms with E-state index in [-0.39, 0.29) is 26.2 Å². The fourth-order valence-corrected chi connectivity index (χ4v) is 5.83. The van der Waals surface area contributed by atoms with Crippen LogP contribution in [-0.4, -0.2) is 35.2 Å². The Morgan fingerprint density at radius 1 is 1.16 bits per heavy atom. The highest BCUT2D eigenvalue weighted by Crippen LogP contribution is 2.31. The Balaban J connectivity index is 1.49. The van der Waals surface area contributed by atoms with E-state index in [2.05, 4.69) is 25.6 Å². The highest BCUT2D eigenvalue weighted by molar-refractivity contribution is 7.93. The molecule has 162 valence electrons. The summed E-state index contributed by atoms with van der Waals surface area (Å²) in [6, 6.07) is 4.69. The Morgan fingerprint density at radius 2 is 1.94 bits per heavy atom. The fraction of sp³-hybridized carbons (Fsp3) is 0.300. The van der Waals surface area contributed by atoms with Gasteiger partial charge in [0, 0.05) is 23.9 Å². The molecule has 3 N–H and O–H groups in total. The van der Waals surface area contributed by atoms with E-state index in [1.807, 2.05) is 13.0 Å². The maximum absolute atomic E-state index is 12.9. The third-order valence-electron chi connectivity index (χ3n) is 5.11. The number of rotatable bonds is 6. The number of Topliss-reactive ketones (excluding diaryl/α,β-unsaturated/α-hetero) is 1. The van der Waals surface area contributed by atoms with Crippen LogP contribution in [0.1, 0.15) is 41.6 Å². The van der Waals surface area contributed by atoms with Gasteiger partial charge in [-0.05, 0) is 31.9 Å². The van der Waals surface area contributed by atoms with E-state index < -0.39 is 15.9 Å². The van der Waals surface area contributed by atoms with Crippen molar-refractivity contribution in [1.82, 2.24) is 15.0 Å². The normalized spacial score (nSPS) is 14.5. The number of thiazole rings is 1. The van der Waals surface area contributed by atoms with E-state index in [1.165, 1.54) is 18.6 Å². The van der Waals surface area contributed by atoms with E-state index >= 15 is 0 Å². The van der Waals surface area contributed by atoms with Gasteiger partial charge in [-0.15, -0.1) is 0 Å². The van der Waals surface area contributed by atoms with Gasteiger partial charge in [0.15, 0.2) is 10.9 Å². The number of carbonyl (C=O) groups excluding carboxylic acids is 2. The molecule has 1 aliphatic rings. The Kier molecular flexibility index (Phi) is 5.88. The predicted molar refractivity (Wildman–Crippen MR) is 116 cm³/mol. The first-order valence-corrected chi connectivity index (χ1v) is 12.1. The number of sulfone groups is 1. The molecule has 0 saturated heterocycles. The van der Waals surface area contributed by atoms with E-state index in [9.17, 15) is 18.0 Å². The van der Waals surface area contributed by atoms with Crippen molar-refractivity contribution in [3.05, 3.63) is 47.9 Å². The molecule has 1 aliphatic carbocycles. The number of anilines is 2. The van der Waals surface area contributed by atoms with Crippen LogP contribution < -0.4 is 10.6 Å². The minimum Gasteiger partial charge on any atom is -0.335 e. The number of aryl methyl sites for hydroxylation is 1. The van der Waals surface area contributed by atoms with Gasteiger partial charge < -0.3 is 10.3 Å². The molecular weight excluding hydrogens is 438 g/mol. The smallest absolute Gasteiger partial charge is 0.325 e. The number of hydrogen-bond acceptors (Lipinski definition) is 7. The van der Waals surface area contributed by atoms with Gasteiger partial charge in [-0.2, -0.15) is 0 Å². The average molecular weight is 460 g/mol. The van der Waals surface area contributed by atoms with Crippen molar-refractivity contribution in [2.45, 2.75) is 42.0 Å². The second-order valence-corrected chi connectivity index (χ2v) is 10.5. The maximum Gasteiger partial charge on any atom is 0.325 e. The second kappa shape index (κ2) is 8.60. The lowest BCUT2D eigenvalue weighted by Gasteiger charge is -2.14. The summed E-state index contributed by atoms with van der Waals surface area (Å²) in [7, 11) is -3.83. The topological polar surface area (TPSA) is 134 Å². The number of imidazole rings is 1. The summed E-state index contributed by atoms with van der Waals surface area (Å²) in [5.41, 5.74) is 1.84. The zero-order chi connectivity index (χ0) is 22.0. The standard InChI is InChI=1S/C20H21N5O4S2/c1-12-6-7-15(14(10-12)17(26)13-4-2-3-5-13)24-18(27)25-19-23-11-16(30-19)31(28,29)20-21-8-9-22-20/h6-11,13H,2-5H2,1H3,(H,21,22)(H2,23,24,25,27). The van der Waals surface area contributed by atoms with Crippen molar-refractivity contribution >= 4 is 43.8 Å². The third-order valence-corrected chi connectivity index (χ3v) is 8.10. The van der Waals surface area contributed by atoms with Crippen LogP contribution in [0.5, 0.6) is 0 Å². The minimum absolute atomic E-state index is 0.0151. The maximum atomic E-state index is 12.9. The number of carbonyl (C=O) groups is 2. The Hall–Kier alpha value is -3.05. The number of hydrogen-bond donors (Lipinski definition) is 3.